The highest BCUT2D eigenvalue weighted by Crippen LogP contribution is 2.51. The van der Waals surface area contributed by atoms with Crippen molar-refractivity contribution in [2.75, 3.05) is 39.3 Å². The maximum atomic E-state index is 14.3. The molecule has 74 heavy (non-hydrogen) atoms. The van der Waals surface area contributed by atoms with Crippen LogP contribution in [0.1, 0.15) is 123 Å². The number of benzene rings is 4. The molecule has 10 rings (SSSR count). The molecule has 0 spiro atoms. The summed E-state index contributed by atoms with van der Waals surface area (Å²) in [6.07, 6.45) is 4.40. The highest BCUT2D eigenvalue weighted by atomic mass is 32.2. The first-order valence-corrected chi connectivity index (χ1v) is 27.5. The number of hydrogen-bond donors (Lipinski definition) is 0. The SMILES string of the molecule is O=C(/C=C\C(=O)OC1CCC(CCN2CCC(=C3c4ccc(F)cc4Sc4ccc(C(F)(F)F)cc43)CC2)CC1)OC1CCC(CCN2CCC(=C3c4ccc(F)cc4Sc4ccc(C(F)(F)F)cc43)CC2)CC1. The van der Waals surface area contributed by atoms with Crippen LogP contribution in [-0.2, 0) is 31.4 Å². The summed E-state index contributed by atoms with van der Waals surface area (Å²) < 4.78 is 123. The molecular formula is C58H58F8N2O4S2. The van der Waals surface area contributed by atoms with E-state index in [2.05, 4.69) is 9.80 Å². The summed E-state index contributed by atoms with van der Waals surface area (Å²) in [6, 6.07) is 16.7. The molecule has 0 radical (unpaired) electrons. The predicted molar refractivity (Wildman–Crippen MR) is 269 cm³/mol. The Morgan fingerprint density at radius 1 is 0.500 bits per heavy atom. The normalized spacial score (nSPS) is 22.8. The van der Waals surface area contributed by atoms with Crippen LogP contribution < -0.4 is 0 Å². The number of hydrogen-bond acceptors (Lipinski definition) is 8. The summed E-state index contributed by atoms with van der Waals surface area (Å²) in [7, 11) is 0. The van der Waals surface area contributed by atoms with Gasteiger partial charge >= 0.3 is 24.3 Å². The maximum absolute atomic E-state index is 14.3. The predicted octanol–water partition coefficient (Wildman–Crippen LogP) is 15.0. The standard InChI is InChI=1S/C58H58F8N2O4S2/c59-41-7-13-45-51(33-41)73-49-15-5-39(57(61,62)63)31-47(49)55(45)37-21-27-67(28-22-37)25-19-35-1-9-43(10-2-35)71-53(69)17-18-54(70)72-44-11-3-36(4-12-44)20-26-68-29-23-38(24-30-68)56-46-14-8-42(60)34-52(46)74-50-16-6-40(32-48(50)56)58(64,65)66/h5-8,13-18,31-36,43-44H,1-4,9-12,19-30H2/b18-17-. The Bertz CT molecular complexity index is 2650. The van der Waals surface area contributed by atoms with Gasteiger partial charge in [0.1, 0.15) is 23.8 Å². The van der Waals surface area contributed by atoms with Gasteiger partial charge in [-0.2, -0.15) is 26.3 Å². The van der Waals surface area contributed by atoms with Gasteiger partial charge in [0.25, 0.3) is 0 Å². The van der Waals surface area contributed by atoms with Crippen LogP contribution in [0.15, 0.2) is 116 Å². The largest absolute Gasteiger partial charge is 0.459 e. The first kappa shape index (κ1) is 52.5. The van der Waals surface area contributed by atoms with Crippen LogP contribution in [-0.4, -0.2) is 73.2 Å². The molecule has 0 N–H and O–H groups in total. The number of piperidine rings is 2. The summed E-state index contributed by atoms with van der Waals surface area (Å²) in [4.78, 5) is 33.1. The highest BCUT2D eigenvalue weighted by molar-refractivity contribution is 7.99. The molecule has 4 aromatic rings. The van der Waals surface area contributed by atoms with Gasteiger partial charge in [-0.05, 0) is 209 Å². The number of likely N-dealkylation sites (tertiary alicyclic amines) is 2. The van der Waals surface area contributed by atoms with E-state index in [-0.39, 0.29) is 23.8 Å². The van der Waals surface area contributed by atoms with Gasteiger partial charge in [0.15, 0.2) is 0 Å². The zero-order chi connectivity index (χ0) is 51.7. The molecule has 4 aliphatic heterocycles. The Hall–Kier alpha value is -4.90. The van der Waals surface area contributed by atoms with Crippen LogP contribution in [0.5, 0.6) is 0 Å². The third-order valence-electron chi connectivity index (χ3n) is 15.9. The number of rotatable bonds is 10. The second kappa shape index (κ2) is 22.4. The van der Waals surface area contributed by atoms with E-state index in [1.807, 2.05) is 0 Å². The van der Waals surface area contributed by atoms with Gasteiger partial charge in [-0.25, -0.2) is 18.4 Å². The lowest BCUT2D eigenvalue weighted by Crippen LogP contribution is -2.34. The van der Waals surface area contributed by atoms with Gasteiger partial charge in [-0.1, -0.05) is 46.8 Å². The van der Waals surface area contributed by atoms with Gasteiger partial charge in [-0.3, -0.25) is 0 Å². The topological polar surface area (TPSA) is 59.1 Å². The Balaban J connectivity index is 0.620. The fourth-order valence-electron chi connectivity index (χ4n) is 11.8. The fraction of sp³-hybridized carbons (Fsp3) is 0.448. The van der Waals surface area contributed by atoms with Crippen molar-refractivity contribution in [2.45, 2.75) is 134 Å². The summed E-state index contributed by atoms with van der Waals surface area (Å²) in [5, 5.41) is 0. The molecule has 392 valence electrons. The maximum Gasteiger partial charge on any atom is 0.416 e. The van der Waals surface area contributed by atoms with Crippen molar-refractivity contribution in [2.24, 2.45) is 11.8 Å². The third-order valence-corrected chi connectivity index (χ3v) is 18.1. The molecule has 0 atom stereocenters. The third kappa shape index (κ3) is 12.3. The van der Waals surface area contributed by atoms with Gasteiger partial charge in [0, 0.05) is 57.9 Å². The summed E-state index contributed by atoms with van der Waals surface area (Å²) in [5.74, 6) is -0.921. The van der Waals surface area contributed by atoms with Crippen LogP contribution in [0.3, 0.4) is 0 Å². The van der Waals surface area contributed by atoms with E-state index in [9.17, 15) is 44.7 Å². The molecular weight excluding hydrogens is 1000 g/mol. The van der Waals surface area contributed by atoms with Crippen molar-refractivity contribution < 1.29 is 54.2 Å². The number of alkyl halides is 6. The molecule has 2 aliphatic carbocycles. The molecule has 4 heterocycles. The number of fused-ring (bicyclic) bond motifs is 4. The first-order chi connectivity index (χ1) is 35.5. The van der Waals surface area contributed by atoms with E-state index in [1.54, 1.807) is 12.1 Å². The quantitative estimate of drug-likeness (QED) is 0.0764. The van der Waals surface area contributed by atoms with E-state index >= 15 is 0 Å². The molecule has 0 unspecified atom stereocenters. The van der Waals surface area contributed by atoms with Crippen molar-refractivity contribution in [3.05, 3.63) is 141 Å². The molecule has 0 bridgehead atoms. The average molecular weight is 1060 g/mol. The number of halogens is 8. The molecule has 2 saturated heterocycles. The summed E-state index contributed by atoms with van der Waals surface area (Å²) in [6.45, 7) is 4.93. The number of nitrogens with zero attached hydrogens (tertiary/aromatic N) is 2. The van der Waals surface area contributed by atoms with Crippen molar-refractivity contribution in [1.29, 1.82) is 0 Å². The van der Waals surface area contributed by atoms with Crippen LogP contribution >= 0.6 is 23.5 Å². The molecule has 0 amide bonds. The summed E-state index contributed by atoms with van der Waals surface area (Å²) in [5.41, 5.74) is 5.09. The lowest BCUT2D eigenvalue weighted by Gasteiger charge is -2.34. The van der Waals surface area contributed by atoms with Crippen molar-refractivity contribution in [3.63, 3.8) is 0 Å². The van der Waals surface area contributed by atoms with Crippen LogP contribution in [0.25, 0.3) is 11.1 Å². The fourth-order valence-corrected chi connectivity index (χ4v) is 14.0. The number of esters is 2. The Kier molecular flexibility index (Phi) is 15.9. The Labute approximate surface area is 435 Å². The van der Waals surface area contributed by atoms with Crippen molar-refractivity contribution in [3.8, 4) is 0 Å². The molecule has 4 aromatic carbocycles. The minimum Gasteiger partial charge on any atom is -0.459 e. The number of ether oxygens (including phenoxy) is 2. The molecule has 2 saturated carbocycles. The minimum absolute atomic E-state index is 0.220. The molecule has 6 aliphatic rings. The molecule has 4 fully saturated rings. The van der Waals surface area contributed by atoms with Gasteiger partial charge in [-0.15, -0.1) is 0 Å². The Morgan fingerprint density at radius 2 is 0.878 bits per heavy atom. The molecule has 0 aromatic heterocycles. The second-order valence-corrected chi connectivity index (χ2v) is 22.8. The number of carbonyl (C=O) groups is 2. The lowest BCUT2D eigenvalue weighted by molar-refractivity contribution is -0.147. The summed E-state index contributed by atoms with van der Waals surface area (Å²) >= 11 is 2.61. The van der Waals surface area contributed by atoms with Gasteiger partial charge in [0.2, 0.25) is 0 Å². The van der Waals surface area contributed by atoms with Gasteiger partial charge < -0.3 is 19.3 Å². The average Bonchev–Trinajstić information content (AvgIpc) is 3.38. The number of carbonyl (C=O) groups excluding carboxylic acids is 2. The first-order valence-electron chi connectivity index (χ1n) is 25.9. The van der Waals surface area contributed by atoms with E-state index < -0.39 is 35.4 Å². The zero-order valence-electron chi connectivity index (χ0n) is 40.9. The zero-order valence-corrected chi connectivity index (χ0v) is 42.5. The van der Waals surface area contributed by atoms with Gasteiger partial charge in [0.05, 0.1) is 11.1 Å². The van der Waals surface area contributed by atoms with E-state index in [0.29, 0.717) is 68.2 Å². The highest BCUT2D eigenvalue weighted by Gasteiger charge is 2.36. The van der Waals surface area contributed by atoms with Crippen molar-refractivity contribution in [1.82, 2.24) is 9.80 Å². The van der Waals surface area contributed by atoms with E-state index in [1.165, 1.54) is 72.1 Å². The smallest absolute Gasteiger partial charge is 0.416 e. The second-order valence-electron chi connectivity index (χ2n) is 20.6. The van der Waals surface area contributed by atoms with E-state index in [0.717, 1.165) is 161 Å². The Morgan fingerprint density at radius 3 is 1.24 bits per heavy atom. The molecule has 16 heteroatoms. The van der Waals surface area contributed by atoms with Crippen LogP contribution in [0.4, 0.5) is 35.1 Å². The van der Waals surface area contributed by atoms with E-state index in [4.69, 9.17) is 9.47 Å². The van der Waals surface area contributed by atoms with Crippen LogP contribution in [0.2, 0.25) is 0 Å². The van der Waals surface area contributed by atoms with Crippen molar-refractivity contribution >= 4 is 46.6 Å². The minimum atomic E-state index is -4.47. The lowest BCUT2D eigenvalue weighted by atomic mass is 9.84. The monoisotopic (exact) mass is 1060 g/mol. The van der Waals surface area contributed by atoms with Crippen LogP contribution in [0, 0.1) is 23.5 Å². The molecule has 6 nitrogen and oxygen atoms in total.